The van der Waals surface area contributed by atoms with Crippen LogP contribution in [0.15, 0.2) is 15.8 Å². The summed E-state index contributed by atoms with van der Waals surface area (Å²) in [6, 6.07) is 0. The molecule has 1 rings (SSSR count). The van der Waals surface area contributed by atoms with E-state index in [1.165, 1.54) is 17.7 Å². The lowest BCUT2D eigenvalue weighted by atomic mass is 10.1. The van der Waals surface area contributed by atoms with Gasteiger partial charge in [0.25, 0.3) is 5.91 Å². The third-order valence-corrected chi connectivity index (χ3v) is 3.72. The van der Waals surface area contributed by atoms with E-state index in [4.69, 9.17) is 5.26 Å². The van der Waals surface area contributed by atoms with Crippen molar-refractivity contribution in [3.8, 4) is 6.19 Å². The number of hydrogen-bond donors (Lipinski definition) is 0. The number of amides is 1. The van der Waals surface area contributed by atoms with Crippen LogP contribution in [0.25, 0.3) is 0 Å². The van der Waals surface area contributed by atoms with Crippen LogP contribution in [-0.4, -0.2) is 20.0 Å². The molecule has 0 fully saturated rings. The first kappa shape index (κ1) is 10.7. The van der Waals surface area contributed by atoms with Crippen LogP contribution in [0.4, 0.5) is 0 Å². The Morgan fingerprint density at radius 1 is 1.57 bits per heavy atom. The number of carbonyl (C=O) groups excluding carboxylic acids is 1. The van der Waals surface area contributed by atoms with Gasteiger partial charge in [-0.1, -0.05) is 4.36 Å². The second-order valence-electron chi connectivity index (χ2n) is 3.84. The van der Waals surface area contributed by atoms with E-state index in [-0.39, 0.29) is 5.91 Å². The molecule has 5 nitrogen and oxygen atoms in total. The summed E-state index contributed by atoms with van der Waals surface area (Å²) in [7, 11) is -2.98. The topological polar surface area (TPSA) is 73.5 Å². The van der Waals surface area contributed by atoms with E-state index < -0.39 is 15.5 Å². The molecule has 1 aliphatic heterocycles. The molecule has 76 valence electrons. The minimum absolute atomic E-state index is 0.374. The number of rotatable bonds is 0. The van der Waals surface area contributed by atoms with Crippen molar-refractivity contribution in [3.05, 3.63) is 11.5 Å². The summed E-state index contributed by atoms with van der Waals surface area (Å²) in [5, 5.41) is 9.58. The molecule has 0 bridgehead atoms. The predicted octanol–water partition coefficient (Wildman–Crippen LogP) is 1.00. The van der Waals surface area contributed by atoms with Crippen molar-refractivity contribution in [2.45, 2.75) is 26.3 Å². The predicted molar refractivity (Wildman–Crippen MR) is 51.9 cm³/mol. The first-order chi connectivity index (χ1) is 6.31. The van der Waals surface area contributed by atoms with Gasteiger partial charge >= 0.3 is 0 Å². The van der Waals surface area contributed by atoms with Gasteiger partial charge in [-0.2, -0.15) is 5.26 Å². The van der Waals surface area contributed by atoms with Crippen LogP contribution in [0, 0.1) is 11.5 Å². The summed E-state index contributed by atoms with van der Waals surface area (Å²) in [4.78, 5) is 11.4. The van der Waals surface area contributed by atoms with E-state index in [1.807, 2.05) is 0 Å². The fraction of sp³-hybridized carbons (Fsp3) is 0.500. The van der Waals surface area contributed by atoms with Crippen LogP contribution in [0.1, 0.15) is 20.8 Å². The van der Waals surface area contributed by atoms with Crippen LogP contribution in [-0.2, 0) is 14.7 Å². The lowest BCUT2D eigenvalue weighted by Gasteiger charge is -2.31. The third-order valence-electron chi connectivity index (χ3n) is 1.63. The summed E-state index contributed by atoms with van der Waals surface area (Å²) in [6.45, 7) is 5.22. The van der Waals surface area contributed by atoms with E-state index in [2.05, 4.69) is 4.36 Å². The summed E-state index contributed by atoms with van der Waals surface area (Å²) in [5.41, 5.74) is -0.613. The van der Waals surface area contributed by atoms with E-state index in [9.17, 15) is 9.00 Å². The summed E-state index contributed by atoms with van der Waals surface area (Å²) < 4.78 is 16.4. The minimum atomic E-state index is -2.98. The van der Waals surface area contributed by atoms with Crippen LogP contribution in [0.2, 0.25) is 0 Å². The minimum Gasteiger partial charge on any atom is -0.269 e. The van der Waals surface area contributed by atoms with Crippen molar-refractivity contribution in [2.75, 3.05) is 0 Å². The van der Waals surface area contributed by atoms with Gasteiger partial charge in [-0.3, -0.25) is 4.79 Å². The first-order valence-electron chi connectivity index (χ1n) is 3.99. The van der Waals surface area contributed by atoms with Gasteiger partial charge in [0.1, 0.15) is 0 Å². The SMILES string of the molecule is CC(C)(C)N1C(=O)C=CS1(=O)=NC#N. The van der Waals surface area contributed by atoms with Gasteiger partial charge in [-0.05, 0) is 20.8 Å². The van der Waals surface area contributed by atoms with Crippen LogP contribution < -0.4 is 0 Å². The number of hydrogen-bond acceptors (Lipinski definition) is 4. The van der Waals surface area contributed by atoms with Crippen LogP contribution >= 0.6 is 0 Å². The van der Waals surface area contributed by atoms with Gasteiger partial charge in [0.15, 0.2) is 9.92 Å². The zero-order valence-corrected chi connectivity index (χ0v) is 9.04. The molecule has 0 aromatic heterocycles. The van der Waals surface area contributed by atoms with Crippen molar-refractivity contribution >= 4 is 15.8 Å². The molecule has 0 radical (unpaired) electrons. The van der Waals surface area contributed by atoms with E-state index in [0.717, 1.165) is 4.31 Å². The Labute approximate surface area is 83.3 Å². The van der Waals surface area contributed by atoms with Crippen molar-refractivity contribution in [1.29, 1.82) is 5.26 Å². The van der Waals surface area contributed by atoms with Crippen molar-refractivity contribution in [2.24, 2.45) is 4.36 Å². The largest absolute Gasteiger partial charge is 0.269 e. The number of carbonyl (C=O) groups is 1. The molecule has 0 spiro atoms. The molecule has 0 aromatic rings. The standard InChI is InChI=1S/C8H11N3O2S/c1-8(2,3)11-7(12)4-5-14(11,13)10-6-9/h4-5H,1-3H3. The summed E-state index contributed by atoms with van der Waals surface area (Å²) >= 11 is 0. The molecule has 1 aliphatic rings. The number of nitrogens with zero attached hydrogens (tertiary/aromatic N) is 3. The maximum absolute atomic E-state index is 12.0. The second-order valence-corrected chi connectivity index (χ2v) is 5.73. The average Bonchev–Trinajstić information content (AvgIpc) is 2.26. The molecular weight excluding hydrogens is 202 g/mol. The van der Waals surface area contributed by atoms with Gasteiger partial charge in [-0.15, -0.1) is 0 Å². The highest BCUT2D eigenvalue weighted by atomic mass is 32.2. The van der Waals surface area contributed by atoms with E-state index >= 15 is 0 Å². The zero-order valence-electron chi connectivity index (χ0n) is 8.22. The Morgan fingerprint density at radius 2 is 2.14 bits per heavy atom. The molecule has 0 aromatic carbocycles. The molecule has 6 heteroatoms. The van der Waals surface area contributed by atoms with Crippen LogP contribution in [0.3, 0.4) is 0 Å². The summed E-state index contributed by atoms with van der Waals surface area (Å²) in [6.07, 6.45) is 2.67. The monoisotopic (exact) mass is 213 g/mol. The first-order valence-corrected chi connectivity index (χ1v) is 5.52. The maximum atomic E-state index is 12.0. The molecule has 1 unspecified atom stereocenters. The van der Waals surface area contributed by atoms with Gasteiger partial charge in [-0.25, -0.2) is 8.51 Å². The Balaban J connectivity index is 3.34. The highest BCUT2D eigenvalue weighted by Crippen LogP contribution is 2.25. The van der Waals surface area contributed by atoms with Gasteiger partial charge in [0.2, 0.25) is 6.19 Å². The highest BCUT2D eigenvalue weighted by Gasteiger charge is 2.37. The molecule has 1 amide bonds. The molecule has 0 saturated heterocycles. The van der Waals surface area contributed by atoms with Gasteiger partial charge < -0.3 is 0 Å². The average molecular weight is 213 g/mol. The normalized spacial score (nSPS) is 26.4. The second kappa shape index (κ2) is 3.10. The fourth-order valence-electron chi connectivity index (χ4n) is 1.26. The Kier molecular flexibility index (Phi) is 2.37. The smallest absolute Gasteiger partial charge is 0.260 e. The molecule has 0 saturated carbocycles. The Morgan fingerprint density at radius 3 is 2.57 bits per heavy atom. The lowest BCUT2D eigenvalue weighted by Crippen LogP contribution is -2.44. The maximum Gasteiger partial charge on any atom is 0.260 e. The van der Waals surface area contributed by atoms with Crippen molar-refractivity contribution in [1.82, 2.24) is 4.31 Å². The molecule has 0 aliphatic carbocycles. The highest BCUT2D eigenvalue weighted by molar-refractivity contribution is 7.95. The Bertz CT molecular complexity index is 444. The van der Waals surface area contributed by atoms with Crippen molar-refractivity contribution in [3.63, 3.8) is 0 Å². The van der Waals surface area contributed by atoms with Gasteiger partial charge in [0.05, 0.1) is 0 Å². The van der Waals surface area contributed by atoms with E-state index in [1.54, 1.807) is 20.8 Å². The third kappa shape index (κ3) is 1.63. The number of nitriles is 1. The fourth-order valence-corrected chi connectivity index (χ4v) is 3.04. The zero-order chi connectivity index (χ0) is 11.0. The van der Waals surface area contributed by atoms with E-state index in [0.29, 0.717) is 0 Å². The van der Waals surface area contributed by atoms with Crippen molar-refractivity contribution < 1.29 is 9.00 Å². The van der Waals surface area contributed by atoms with Gasteiger partial charge in [0, 0.05) is 17.0 Å². The molecule has 1 atom stereocenters. The molecular formula is C8H11N3O2S. The molecule has 0 N–H and O–H groups in total. The lowest BCUT2D eigenvalue weighted by molar-refractivity contribution is -0.123. The molecule has 1 heterocycles. The molecule has 14 heavy (non-hydrogen) atoms. The van der Waals surface area contributed by atoms with Crippen LogP contribution in [0.5, 0.6) is 0 Å². The summed E-state index contributed by atoms with van der Waals surface area (Å²) in [5.74, 6) is -0.374. The quantitative estimate of drug-likeness (QED) is 0.563. The Hall–Kier alpha value is -1.35.